The molecule has 2 aromatic rings. The average Bonchev–Trinajstić information content (AvgIpc) is 2.65. The highest BCUT2D eigenvalue weighted by Crippen LogP contribution is 2.12. The molecule has 0 aromatic heterocycles. The molecule has 0 saturated carbocycles. The zero-order valence-electron chi connectivity index (χ0n) is 15.4. The Morgan fingerprint density at radius 3 is 2.30 bits per heavy atom. The topological polar surface area (TPSA) is 78.5 Å². The number of nitrogens with one attached hydrogen (secondary N) is 2. The lowest BCUT2D eigenvalue weighted by atomic mass is 10.1. The molecule has 0 aliphatic heterocycles. The number of rotatable bonds is 8. The molecular formula is C20H23N3O3S. The molecule has 27 heavy (non-hydrogen) atoms. The van der Waals surface area contributed by atoms with E-state index in [4.69, 9.17) is 6.42 Å². The fourth-order valence-corrected chi connectivity index (χ4v) is 3.44. The smallest absolute Gasteiger partial charge is 0.251 e. The number of benzene rings is 2. The molecule has 0 fully saturated rings. The third-order valence-corrected chi connectivity index (χ3v) is 5.25. The summed E-state index contributed by atoms with van der Waals surface area (Å²) in [7, 11) is 0.313. The van der Waals surface area contributed by atoms with Crippen LogP contribution in [0.2, 0.25) is 0 Å². The van der Waals surface area contributed by atoms with Crippen LogP contribution in [-0.2, 0) is 23.1 Å². The van der Waals surface area contributed by atoms with Gasteiger partial charge in [0.1, 0.15) is 0 Å². The molecule has 1 amide bonds. The molecule has 0 aliphatic rings. The minimum atomic E-state index is -3.67. The van der Waals surface area contributed by atoms with Crippen molar-refractivity contribution in [2.45, 2.75) is 18.0 Å². The fraction of sp³-hybridized carbons (Fsp3) is 0.250. The average molecular weight is 385 g/mol. The Bertz CT molecular complexity index is 930. The molecule has 2 N–H and O–H groups in total. The number of hydrogen-bond acceptors (Lipinski definition) is 4. The van der Waals surface area contributed by atoms with E-state index in [1.807, 2.05) is 38.4 Å². The zero-order valence-corrected chi connectivity index (χ0v) is 16.2. The summed E-state index contributed by atoms with van der Waals surface area (Å²) in [6.45, 7) is 1.09. The number of hydrogen-bond donors (Lipinski definition) is 2. The molecule has 0 radical (unpaired) electrons. The van der Waals surface area contributed by atoms with Crippen molar-refractivity contribution in [3.05, 3.63) is 65.2 Å². The molecule has 142 valence electrons. The summed E-state index contributed by atoms with van der Waals surface area (Å²) in [4.78, 5) is 14.5. The van der Waals surface area contributed by atoms with Crippen molar-refractivity contribution in [1.29, 1.82) is 0 Å². The van der Waals surface area contributed by atoms with Crippen LogP contribution in [0.15, 0.2) is 53.4 Å². The van der Waals surface area contributed by atoms with Gasteiger partial charge in [-0.1, -0.05) is 30.2 Å². The van der Waals surface area contributed by atoms with Crippen molar-refractivity contribution in [2.75, 3.05) is 20.6 Å². The van der Waals surface area contributed by atoms with Crippen LogP contribution >= 0.6 is 0 Å². The first-order valence-corrected chi connectivity index (χ1v) is 9.84. The summed E-state index contributed by atoms with van der Waals surface area (Å²) in [5.74, 6) is 1.95. The number of amides is 1. The fourth-order valence-electron chi connectivity index (χ4n) is 2.51. The van der Waals surface area contributed by atoms with E-state index in [1.165, 1.54) is 24.3 Å². The third-order valence-electron chi connectivity index (χ3n) is 3.84. The second-order valence-electron chi connectivity index (χ2n) is 6.24. The summed E-state index contributed by atoms with van der Waals surface area (Å²) < 4.78 is 26.3. The van der Waals surface area contributed by atoms with Crippen LogP contribution in [0.1, 0.15) is 21.5 Å². The summed E-state index contributed by atoms with van der Waals surface area (Å²) >= 11 is 0. The van der Waals surface area contributed by atoms with Crippen molar-refractivity contribution in [3.8, 4) is 12.3 Å². The molecule has 7 heteroatoms. The monoisotopic (exact) mass is 385 g/mol. The van der Waals surface area contributed by atoms with Gasteiger partial charge in [0.2, 0.25) is 10.0 Å². The highest BCUT2D eigenvalue weighted by atomic mass is 32.2. The van der Waals surface area contributed by atoms with Crippen molar-refractivity contribution in [2.24, 2.45) is 0 Å². The quantitative estimate of drug-likeness (QED) is 0.677. The maximum atomic E-state index is 12.4. The molecule has 0 spiro atoms. The lowest BCUT2D eigenvalue weighted by molar-refractivity contribution is 0.0950. The standard InChI is InChI=1S/C20H23N3O3S/c1-4-13-22-27(25,26)19-11-9-16(10-12-19)20(24)21-14-17-7-5-6-8-18(17)15-23(2)3/h1,5-12,22H,13-15H2,2-3H3,(H,21,24). The van der Waals surface area contributed by atoms with Crippen molar-refractivity contribution in [1.82, 2.24) is 14.9 Å². The van der Waals surface area contributed by atoms with Crippen LogP contribution in [0.25, 0.3) is 0 Å². The minimum absolute atomic E-state index is 0.0608. The van der Waals surface area contributed by atoms with E-state index < -0.39 is 10.0 Å². The van der Waals surface area contributed by atoms with E-state index in [0.29, 0.717) is 12.1 Å². The van der Waals surface area contributed by atoms with Crippen molar-refractivity contribution < 1.29 is 13.2 Å². The second-order valence-corrected chi connectivity index (χ2v) is 8.01. The lowest BCUT2D eigenvalue weighted by Crippen LogP contribution is -2.25. The largest absolute Gasteiger partial charge is 0.348 e. The molecular weight excluding hydrogens is 362 g/mol. The predicted molar refractivity (Wildman–Crippen MR) is 105 cm³/mol. The van der Waals surface area contributed by atoms with Gasteiger partial charge < -0.3 is 10.2 Å². The van der Waals surface area contributed by atoms with Gasteiger partial charge in [-0.25, -0.2) is 8.42 Å². The zero-order chi connectivity index (χ0) is 19.9. The Hall–Kier alpha value is -2.66. The summed E-state index contributed by atoms with van der Waals surface area (Å²) in [6.07, 6.45) is 5.06. The Balaban J connectivity index is 2.04. The third kappa shape index (κ3) is 5.93. The Morgan fingerprint density at radius 1 is 1.07 bits per heavy atom. The van der Waals surface area contributed by atoms with Gasteiger partial charge in [-0.15, -0.1) is 6.42 Å². The first kappa shape index (κ1) is 20.6. The van der Waals surface area contributed by atoms with Gasteiger partial charge in [-0.2, -0.15) is 4.72 Å². The van der Waals surface area contributed by atoms with E-state index >= 15 is 0 Å². The summed E-state index contributed by atoms with van der Waals surface area (Å²) in [5.41, 5.74) is 2.57. The molecule has 6 nitrogen and oxygen atoms in total. The van der Waals surface area contributed by atoms with Gasteiger partial charge >= 0.3 is 0 Å². The number of nitrogens with zero attached hydrogens (tertiary/aromatic N) is 1. The second kappa shape index (κ2) is 9.33. The van der Waals surface area contributed by atoms with Crippen LogP contribution in [-0.4, -0.2) is 39.9 Å². The highest BCUT2D eigenvalue weighted by molar-refractivity contribution is 7.89. The maximum absolute atomic E-state index is 12.4. The predicted octanol–water partition coefficient (Wildman–Crippen LogP) is 1.59. The first-order valence-electron chi connectivity index (χ1n) is 8.36. The number of carbonyl (C=O) groups is 1. The SMILES string of the molecule is C#CCNS(=O)(=O)c1ccc(C(=O)NCc2ccccc2CN(C)C)cc1. The van der Waals surface area contributed by atoms with E-state index in [2.05, 4.69) is 20.9 Å². The summed E-state index contributed by atoms with van der Waals surface area (Å²) in [6, 6.07) is 13.6. The molecule has 0 bridgehead atoms. The molecule has 0 saturated heterocycles. The first-order chi connectivity index (χ1) is 12.8. The Kier molecular flexibility index (Phi) is 7.13. The molecule has 2 rings (SSSR count). The number of sulfonamides is 1. The van der Waals surface area contributed by atoms with Crippen LogP contribution in [0.5, 0.6) is 0 Å². The van der Waals surface area contributed by atoms with Gasteiger partial charge in [-0.05, 0) is 49.5 Å². The van der Waals surface area contributed by atoms with E-state index in [-0.39, 0.29) is 17.3 Å². The molecule has 0 aliphatic carbocycles. The van der Waals surface area contributed by atoms with E-state index in [9.17, 15) is 13.2 Å². The maximum Gasteiger partial charge on any atom is 0.251 e. The molecule has 0 atom stereocenters. The van der Waals surface area contributed by atoms with Gasteiger partial charge in [0.15, 0.2) is 0 Å². The van der Waals surface area contributed by atoms with Gasteiger partial charge in [0, 0.05) is 18.7 Å². The van der Waals surface area contributed by atoms with Crippen LogP contribution in [0.4, 0.5) is 0 Å². The van der Waals surface area contributed by atoms with Crippen LogP contribution in [0.3, 0.4) is 0 Å². The van der Waals surface area contributed by atoms with Gasteiger partial charge in [-0.3, -0.25) is 4.79 Å². The number of terminal acetylenes is 1. The van der Waals surface area contributed by atoms with E-state index in [0.717, 1.165) is 17.7 Å². The van der Waals surface area contributed by atoms with Gasteiger partial charge in [0.25, 0.3) is 5.91 Å². The van der Waals surface area contributed by atoms with E-state index in [1.54, 1.807) is 0 Å². The van der Waals surface area contributed by atoms with Crippen molar-refractivity contribution in [3.63, 3.8) is 0 Å². The Morgan fingerprint density at radius 2 is 1.70 bits per heavy atom. The van der Waals surface area contributed by atoms with Crippen molar-refractivity contribution >= 4 is 15.9 Å². The highest BCUT2D eigenvalue weighted by Gasteiger charge is 2.14. The summed E-state index contributed by atoms with van der Waals surface area (Å²) in [5, 5.41) is 2.87. The Labute approximate surface area is 160 Å². The molecule has 0 unspecified atom stereocenters. The van der Waals surface area contributed by atoms with Crippen LogP contribution in [0, 0.1) is 12.3 Å². The molecule has 0 heterocycles. The number of carbonyl (C=O) groups excluding carboxylic acids is 1. The van der Waals surface area contributed by atoms with Crippen LogP contribution < -0.4 is 10.0 Å². The molecule has 2 aromatic carbocycles. The normalized spacial score (nSPS) is 11.2. The minimum Gasteiger partial charge on any atom is -0.348 e. The van der Waals surface area contributed by atoms with Gasteiger partial charge in [0.05, 0.1) is 11.4 Å². The lowest BCUT2D eigenvalue weighted by Gasteiger charge is -2.14.